The number of amides is 1. The first-order valence-electron chi connectivity index (χ1n) is 10.0. The summed E-state index contributed by atoms with van der Waals surface area (Å²) in [4.78, 5) is 41.5. The van der Waals surface area contributed by atoms with Gasteiger partial charge >= 0.3 is 12.1 Å². The third-order valence-electron chi connectivity index (χ3n) is 5.34. The highest BCUT2D eigenvalue weighted by atomic mass is 16.6. The minimum absolute atomic E-state index is 0.00902. The van der Waals surface area contributed by atoms with Gasteiger partial charge in [-0.3, -0.25) is 9.36 Å². The Labute approximate surface area is 170 Å². The van der Waals surface area contributed by atoms with Crippen molar-refractivity contribution in [3.63, 3.8) is 0 Å². The number of hydrogen-bond donors (Lipinski definition) is 2. The quantitative estimate of drug-likeness (QED) is 0.738. The largest absolute Gasteiger partial charge is 0.467 e. The van der Waals surface area contributed by atoms with E-state index >= 15 is 0 Å². The Morgan fingerprint density at radius 1 is 1.21 bits per heavy atom. The normalized spacial score (nSPS) is 26.0. The van der Waals surface area contributed by atoms with Gasteiger partial charge in [-0.1, -0.05) is 6.92 Å². The minimum atomic E-state index is -0.642. The summed E-state index contributed by atoms with van der Waals surface area (Å²) in [5.41, 5.74) is -0.448. The Balaban J connectivity index is 1.67. The summed E-state index contributed by atoms with van der Waals surface area (Å²) in [7, 11) is 1.32. The van der Waals surface area contributed by atoms with Gasteiger partial charge in [0.1, 0.15) is 23.2 Å². The number of anilines is 1. The van der Waals surface area contributed by atoms with Gasteiger partial charge in [-0.2, -0.15) is 0 Å². The van der Waals surface area contributed by atoms with Gasteiger partial charge in [0, 0.05) is 18.0 Å². The van der Waals surface area contributed by atoms with E-state index in [0.717, 1.165) is 12.8 Å². The molecule has 1 aromatic heterocycles. The number of esters is 1. The lowest BCUT2D eigenvalue weighted by Crippen LogP contribution is -2.38. The van der Waals surface area contributed by atoms with Crippen LogP contribution in [0.4, 0.5) is 10.5 Å². The van der Waals surface area contributed by atoms with E-state index < -0.39 is 23.7 Å². The van der Waals surface area contributed by atoms with Crippen LogP contribution in [0, 0.1) is 0 Å². The third-order valence-corrected chi connectivity index (χ3v) is 5.34. The molecule has 2 N–H and O–H groups in total. The Bertz CT molecular complexity index is 844. The van der Waals surface area contributed by atoms with Crippen LogP contribution in [0.15, 0.2) is 11.0 Å². The summed E-state index contributed by atoms with van der Waals surface area (Å²) in [5, 5.41) is 6.12. The van der Waals surface area contributed by atoms with E-state index in [4.69, 9.17) is 9.47 Å². The van der Waals surface area contributed by atoms with Crippen LogP contribution in [0.1, 0.15) is 71.2 Å². The van der Waals surface area contributed by atoms with Gasteiger partial charge in [-0.05, 0) is 46.5 Å². The lowest BCUT2D eigenvalue weighted by molar-refractivity contribution is -0.144. The van der Waals surface area contributed by atoms with E-state index in [1.165, 1.54) is 11.7 Å². The number of nitrogens with zero attached hydrogens (tertiary/aromatic N) is 2. The molecular formula is C20H30N4O5. The van der Waals surface area contributed by atoms with Crippen LogP contribution in [0.3, 0.4) is 0 Å². The number of fused-ring (bicyclic) bond motifs is 1. The lowest BCUT2D eigenvalue weighted by atomic mass is 10.1. The summed E-state index contributed by atoms with van der Waals surface area (Å²) in [5.74, 6) is 0.181. The predicted octanol–water partition coefficient (Wildman–Crippen LogP) is 2.32. The molecule has 29 heavy (non-hydrogen) atoms. The fourth-order valence-corrected chi connectivity index (χ4v) is 4.07. The molecule has 0 radical (unpaired) electrons. The molecule has 0 spiro atoms. The lowest BCUT2D eigenvalue weighted by Gasteiger charge is -2.22. The SMILES string of the molecule is COC(=O)[C@@H]1C[C@@H](C)c2ncc(N[C@@H]3CC[C@@H](NC(=O)OC(C)(C)C)C3)c(=O)n21. The first-order valence-corrected chi connectivity index (χ1v) is 10.0. The van der Waals surface area contributed by atoms with Gasteiger partial charge in [0.2, 0.25) is 0 Å². The van der Waals surface area contributed by atoms with E-state index in [2.05, 4.69) is 15.6 Å². The minimum Gasteiger partial charge on any atom is -0.467 e. The molecule has 0 saturated heterocycles. The molecule has 4 atom stereocenters. The molecule has 0 aromatic carbocycles. The Hall–Kier alpha value is -2.58. The molecule has 160 valence electrons. The molecule has 2 aliphatic rings. The van der Waals surface area contributed by atoms with Crippen LogP contribution in [0.2, 0.25) is 0 Å². The van der Waals surface area contributed by atoms with Crippen molar-refractivity contribution in [1.29, 1.82) is 0 Å². The Morgan fingerprint density at radius 3 is 2.55 bits per heavy atom. The van der Waals surface area contributed by atoms with Crippen LogP contribution in [0.5, 0.6) is 0 Å². The number of carbonyl (C=O) groups excluding carboxylic acids is 2. The summed E-state index contributed by atoms with van der Waals surface area (Å²) >= 11 is 0. The number of aromatic nitrogens is 2. The van der Waals surface area contributed by atoms with E-state index in [9.17, 15) is 14.4 Å². The molecule has 0 bridgehead atoms. The highest BCUT2D eigenvalue weighted by molar-refractivity contribution is 5.75. The molecule has 9 heteroatoms. The van der Waals surface area contributed by atoms with Crippen molar-refractivity contribution in [2.75, 3.05) is 12.4 Å². The molecular weight excluding hydrogens is 376 g/mol. The van der Waals surface area contributed by atoms with Crippen molar-refractivity contribution in [1.82, 2.24) is 14.9 Å². The van der Waals surface area contributed by atoms with E-state index in [-0.39, 0.29) is 23.6 Å². The van der Waals surface area contributed by atoms with Crippen molar-refractivity contribution in [3.8, 4) is 0 Å². The zero-order valence-electron chi connectivity index (χ0n) is 17.7. The molecule has 2 heterocycles. The van der Waals surface area contributed by atoms with E-state index in [1.54, 1.807) is 6.20 Å². The molecule has 1 aliphatic heterocycles. The van der Waals surface area contributed by atoms with Gasteiger partial charge in [-0.15, -0.1) is 0 Å². The van der Waals surface area contributed by atoms with E-state index in [0.29, 0.717) is 24.4 Å². The van der Waals surface area contributed by atoms with Gasteiger partial charge in [0.05, 0.1) is 13.3 Å². The average molecular weight is 406 g/mol. The summed E-state index contributed by atoms with van der Waals surface area (Å²) in [6.07, 6.45) is 3.88. The number of alkyl carbamates (subject to hydrolysis) is 1. The topological polar surface area (TPSA) is 112 Å². The van der Waals surface area contributed by atoms with Gasteiger partial charge < -0.3 is 20.1 Å². The molecule has 3 rings (SSSR count). The van der Waals surface area contributed by atoms with Crippen molar-refractivity contribution in [3.05, 3.63) is 22.4 Å². The third kappa shape index (κ3) is 4.71. The monoisotopic (exact) mass is 406 g/mol. The van der Waals surface area contributed by atoms with E-state index in [1.807, 2.05) is 27.7 Å². The van der Waals surface area contributed by atoms with Crippen molar-refractivity contribution < 1.29 is 19.1 Å². The molecule has 1 aromatic rings. The summed E-state index contributed by atoms with van der Waals surface area (Å²) < 4.78 is 11.6. The van der Waals surface area contributed by atoms with Gasteiger partial charge in [0.25, 0.3) is 5.56 Å². The first kappa shape index (κ1) is 21.1. The van der Waals surface area contributed by atoms with Gasteiger partial charge in [0.15, 0.2) is 0 Å². The number of methoxy groups -OCH3 is 1. The number of nitrogens with one attached hydrogen (secondary N) is 2. The zero-order valence-corrected chi connectivity index (χ0v) is 17.7. The van der Waals surface area contributed by atoms with Crippen molar-refractivity contribution in [2.45, 2.75) is 83.0 Å². The van der Waals surface area contributed by atoms with Crippen molar-refractivity contribution >= 4 is 17.7 Å². The second-order valence-electron chi connectivity index (χ2n) is 8.88. The Morgan fingerprint density at radius 2 is 1.90 bits per heavy atom. The first-order chi connectivity index (χ1) is 13.6. The van der Waals surface area contributed by atoms with Crippen LogP contribution in [-0.2, 0) is 14.3 Å². The van der Waals surface area contributed by atoms with Gasteiger partial charge in [-0.25, -0.2) is 14.6 Å². The number of ether oxygens (including phenoxy) is 2. The Kier molecular flexibility index (Phi) is 5.86. The molecule has 9 nitrogen and oxygen atoms in total. The standard InChI is InChI=1S/C20H30N4O5/c1-11-8-15(18(26)28-5)24-16(11)21-10-14(17(24)25)22-12-6-7-13(9-12)23-19(27)29-20(2,3)4/h10-13,15,22H,6-9H2,1-5H3,(H,23,27)/t11-,12-,13-,15+/m1/s1. The zero-order chi connectivity index (χ0) is 21.3. The maximum atomic E-state index is 13.0. The van der Waals surface area contributed by atoms with Crippen LogP contribution >= 0.6 is 0 Å². The second kappa shape index (κ2) is 8.04. The average Bonchev–Trinajstić information content (AvgIpc) is 3.19. The highest BCUT2D eigenvalue weighted by Gasteiger charge is 2.37. The summed E-state index contributed by atoms with van der Waals surface area (Å²) in [6, 6.07) is -0.634. The fraction of sp³-hybridized carbons (Fsp3) is 0.700. The molecule has 1 amide bonds. The fourth-order valence-electron chi connectivity index (χ4n) is 4.07. The van der Waals surface area contributed by atoms with Crippen molar-refractivity contribution in [2.24, 2.45) is 0 Å². The number of carbonyl (C=O) groups is 2. The number of hydrogen-bond acceptors (Lipinski definition) is 7. The molecule has 0 unspecified atom stereocenters. The maximum absolute atomic E-state index is 13.0. The smallest absolute Gasteiger partial charge is 0.407 e. The van der Waals surface area contributed by atoms with Crippen LogP contribution in [-0.4, -0.2) is 46.4 Å². The molecule has 1 fully saturated rings. The van der Waals surface area contributed by atoms with Crippen LogP contribution < -0.4 is 16.2 Å². The summed E-state index contributed by atoms with van der Waals surface area (Å²) in [6.45, 7) is 7.41. The highest BCUT2D eigenvalue weighted by Crippen LogP contribution is 2.34. The molecule has 1 aliphatic carbocycles. The number of rotatable bonds is 4. The maximum Gasteiger partial charge on any atom is 0.407 e. The molecule has 1 saturated carbocycles. The van der Waals surface area contributed by atoms with Crippen LogP contribution in [0.25, 0.3) is 0 Å². The second-order valence-corrected chi connectivity index (χ2v) is 8.88. The predicted molar refractivity (Wildman–Crippen MR) is 107 cm³/mol.